The zero-order valence-corrected chi connectivity index (χ0v) is 9.61. The molecule has 1 aromatic carbocycles. The van der Waals surface area contributed by atoms with E-state index in [4.69, 9.17) is 5.73 Å². The van der Waals surface area contributed by atoms with E-state index in [-0.39, 0.29) is 0 Å². The lowest BCUT2D eigenvalue weighted by Crippen LogP contribution is -2.44. The first kappa shape index (κ1) is 10.3. The lowest BCUT2D eigenvalue weighted by Gasteiger charge is -2.42. The third-order valence-electron chi connectivity index (χ3n) is 3.22. The van der Waals surface area contributed by atoms with Gasteiger partial charge in [0.05, 0.1) is 0 Å². The number of rotatable bonds is 3. The van der Waals surface area contributed by atoms with Crippen LogP contribution in [-0.2, 0) is 0 Å². The third-order valence-corrected chi connectivity index (χ3v) is 3.22. The Hall–Kier alpha value is -1.18. The van der Waals surface area contributed by atoms with E-state index >= 15 is 0 Å². The fraction of sp³-hybridized carbons (Fsp3) is 0.538. The summed E-state index contributed by atoms with van der Waals surface area (Å²) in [5, 5.41) is 0. The summed E-state index contributed by atoms with van der Waals surface area (Å²) >= 11 is 0. The zero-order chi connectivity index (χ0) is 10.8. The van der Waals surface area contributed by atoms with E-state index in [1.807, 2.05) is 12.1 Å². The zero-order valence-electron chi connectivity index (χ0n) is 9.61. The average molecular weight is 204 g/mol. The van der Waals surface area contributed by atoms with E-state index in [0.717, 1.165) is 11.7 Å². The second kappa shape index (κ2) is 4.13. The molecular weight excluding hydrogens is 184 g/mol. The van der Waals surface area contributed by atoms with Crippen molar-refractivity contribution in [2.45, 2.75) is 45.2 Å². The molecular formula is C13H20N2. The minimum absolute atomic E-state index is 0.568. The Labute approximate surface area is 92.1 Å². The SMILES string of the molecule is CC(C)N(c1ccc(N)cc1)C1CCC1. The van der Waals surface area contributed by atoms with Crippen molar-refractivity contribution in [2.75, 3.05) is 10.6 Å². The largest absolute Gasteiger partial charge is 0.399 e. The Morgan fingerprint density at radius 3 is 2.20 bits per heavy atom. The predicted molar refractivity (Wildman–Crippen MR) is 66.1 cm³/mol. The molecule has 0 amide bonds. The molecule has 0 radical (unpaired) electrons. The van der Waals surface area contributed by atoms with E-state index in [1.165, 1.54) is 24.9 Å². The smallest absolute Gasteiger partial charge is 0.0372 e. The molecule has 0 heterocycles. The van der Waals surface area contributed by atoms with Gasteiger partial charge in [-0.15, -0.1) is 0 Å². The molecule has 1 saturated carbocycles. The van der Waals surface area contributed by atoms with Gasteiger partial charge in [0.15, 0.2) is 0 Å². The lowest BCUT2D eigenvalue weighted by atomic mass is 9.90. The second-order valence-electron chi connectivity index (χ2n) is 4.68. The molecule has 2 nitrogen and oxygen atoms in total. The highest BCUT2D eigenvalue weighted by Crippen LogP contribution is 2.31. The molecule has 1 fully saturated rings. The van der Waals surface area contributed by atoms with Gasteiger partial charge in [0, 0.05) is 23.5 Å². The van der Waals surface area contributed by atoms with Crippen molar-refractivity contribution in [1.82, 2.24) is 0 Å². The van der Waals surface area contributed by atoms with Gasteiger partial charge in [-0.05, 0) is 57.4 Å². The molecule has 2 heteroatoms. The summed E-state index contributed by atoms with van der Waals surface area (Å²) in [6.45, 7) is 4.52. The first-order chi connectivity index (χ1) is 7.18. The van der Waals surface area contributed by atoms with Gasteiger partial charge in [-0.25, -0.2) is 0 Å². The van der Waals surface area contributed by atoms with Crippen molar-refractivity contribution in [3.63, 3.8) is 0 Å². The number of nitrogens with two attached hydrogens (primary N) is 1. The summed E-state index contributed by atoms with van der Waals surface area (Å²) in [4.78, 5) is 2.52. The van der Waals surface area contributed by atoms with Crippen molar-refractivity contribution in [3.8, 4) is 0 Å². The fourth-order valence-corrected chi connectivity index (χ4v) is 2.24. The highest BCUT2D eigenvalue weighted by molar-refractivity contribution is 5.54. The summed E-state index contributed by atoms with van der Waals surface area (Å²) in [6, 6.07) is 9.56. The van der Waals surface area contributed by atoms with Crippen LogP contribution in [-0.4, -0.2) is 12.1 Å². The summed E-state index contributed by atoms with van der Waals surface area (Å²) in [5.74, 6) is 0. The molecule has 15 heavy (non-hydrogen) atoms. The Bertz CT molecular complexity index is 312. The number of hydrogen-bond acceptors (Lipinski definition) is 2. The molecule has 0 atom stereocenters. The summed E-state index contributed by atoms with van der Waals surface area (Å²) in [6.07, 6.45) is 4.05. The van der Waals surface area contributed by atoms with Gasteiger partial charge in [-0.2, -0.15) is 0 Å². The maximum absolute atomic E-state index is 5.71. The fourth-order valence-electron chi connectivity index (χ4n) is 2.24. The highest BCUT2D eigenvalue weighted by Gasteiger charge is 2.26. The molecule has 2 N–H and O–H groups in total. The van der Waals surface area contributed by atoms with E-state index in [1.54, 1.807) is 0 Å². The highest BCUT2D eigenvalue weighted by atomic mass is 15.2. The van der Waals surface area contributed by atoms with Crippen LogP contribution in [0.4, 0.5) is 11.4 Å². The maximum Gasteiger partial charge on any atom is 0.0372 e. The molecule has 1 aliphatic rings. The molecule has 0 aromatic heterocycles. The molecule has 0 unspecified atom stereocenters. The van der Waals surface area contributed by atoms with Gasteiger partial charge < -0.3 is 10.6 Å². The Balaban J connectivity index is 2.19. The molecule has 0 spiro atoms. The average Bonchev–Trinajstić information content (AvgIpc) is 2.12. The van der Waals surface area contributed by atoms with Crippen molar-refractivity contribution >= 4 is 11.4 Å². The number of benzene rings is 1. The quantitative estimate of drug-likeness (QED) is 0.767. The number of anilines is 2. The van der Waals surface area contributed by atoms with Crippen LogP contribution in [0.15, 0.2) is 24.3 Å². The Kier molecular flexibility index (Phi) is 2.85. The van der Waals surface area contributed by atoms with Crippen LogP contribution in [0.1, 0.15) is 33.1 Å². The monoisotopic (exact) mass is 204 g/mol. The lowest BCUT2D eigenvalue weighted by molar-refractivity contribution is 0.369. The minimum atomic E-state index is 0.568. The van der Waals surface area contributed by atoms with E-state index in [0.29, 0.717) is 6.04 Å². The van der Waals surface area contributed by atoms with Gasteiger partial charge >= 0.3 is 0 Å². The topological polar surface area (TPSA) is 29.3 Å². The van der Waals surface area contributed by atoms with Crippen LogP contribution in [0.3, 0.4) is 0 Å². The summed E-state index contributed by atoms with van der Waals surface area (Å²) in [5.41, 5.74) is 7.86. The van der Waals surface area contributed by atoms with Gasteiger partial charge in [0.2, 0.25) is 0 Å². The maximum atomic E-state index is 5.71. The van der Waals surface area contributed by atoms with Gasteiger partial charge in [-0.3, -0.25) is 0 Å². The van der Waals surface area contributed by atoms with Gasteiger partial charge in [0.1, 0.15) is 0 Å². The summed E-state index contributed by atoms with van der Waals surface area (Å²) < 4.78 is 0. The van der Waals surface area contributed by atoms with E-state index in [9.17, 15) is 0 Å². The van der Waals surface area contributed by atoms with Crippen LogP contribution >= 0.6 is 0 Å². The summed E-state index contributed by atoms with van der Waals surface area (Å²) in [7, 11) is 0. The normalized spacial score (nSPS) is 16.5. The van der Waals surface area contributed by atoms with Crippen LogP contribution in [0, 0.1) is 0 Å². The standard InChI is InChI=1S/C13H20N2/c1-10(2)15(12-4-3-5-12)13-8-6-11(14)7-9-13/h6-10,12H,3-5,14H2,1-2H3. The third kappa shape index (κ3) is 2.09. The van der Waals surface area contributed by atoms with Crippen molar-refractivity contribution in [1.29, 1.82) is 0 Å². The van der Waals surface area contributed by atoms with Crippen LogP contribution in [0.25, 0.3) is 0 Å². The number of nitrogens with zero attached hydrogens (tertiary/aromatic N) is 1. The van der Waals surface area contributed by atoms with Gasteiger partial charge in [0.25, 0.3) is 0 Å². The molecule has 82 valence electrons. The molecule has 2 rings (SSSR count). The molecule has 0 aliphatic heterocycles. The number of hydrogen-bond donors (Lipinski definition) is 1. The van der Waals surface area contributed by atoms with Crippen LogP contribution < -0.4 is 10.6 Å². The van der Waals surface area contributed by atoms with Crippen LogP contribution in [0.2, 0.25) is 0 Å². The molecule has 1 aliphatic carbocycles. The Morgan fingerprint density at radius 2 is 1.80 bits per heavy atom. The molecule has 1 aromatic rings. The second-order valence-corrected chi connectivity index (χ2v) is 4.68. The first-order valence-electron chi connectivity index (χ1n) is 5.82. The Morgan fingerprint density at radius 1 is 1.20 bits per heavy atom. The van der Waals surface area contributed by atoms with Gasteiger partial charge in [-0.1, -0.05) is 0 Å². The predicted octanol–water partition coefficient (Wildman–Crippen LogP) is 3.04. The molecule has 0 bridgehead atoms. The first-order valence-corrected chi connectivity index (χ1v) is 5.82. The van der Waals surface area contributed by atoms with E-state index < -0.39 is 0 Å². The van der Waals surface area contributed by atoms with E-state index in [2.05, 4.69) is 30.9 Å². The number of nitrogen functional groups attached to an aromatic ring is 1. The van der Waals surface area contributed by atoms with Crippen molar-refractivity contribution in [3.05, 3.63) is 24.3 Å². The minimum Gasteiger partial charge on any atom is -0.399 e. The van der Waals surface area contributed by atoms with Crippen molar-refractivity contribution < 1.29 is 0 Å². The molecule has 0 saturated heterocycles. The van der Waals surface area contributed by atoms with Crippen molar-refractivity contribution in [2.24, 2.45) is 0 Å². The van der Waals surface area contributed by atoms with Crippen LogP contribution in [0.5, 0.6) is 0 Å².